The van der Waals surface area contributed by atoms with Crippen LogP contribution in [0.5, 0.6) is 0 Å². The van der Waals surface area contributed by atoms with E-state index in [0.717, 1.165) is 18.5 Å². The third-order valence-corrected chi connectivity index (χ3v) is 4.70. The molecular weight excluding hydrogens is 270 g/mol. The molecule has 2 aromatic rings. The van der Waals surface area contributed by atoms with Gasteiger partial charge in [-0.2, -0.15) is 5.10 Å². The summed E-state index contributed by atoms with van der Waals surface area (Å²) in [5.41, 5.74) is 2.24. The number of nitrogens with zero attached hydrogens (tertiary/aromatic N) is 3. The summed E-state index contributed by atoms with van der Waals surface area (Å²) in [7, 11) is 1.87. The lowest BCUT2D eigenvalue weighted by Crippen LogP contribution is -2.37. The molecule has 0 spiro atoms. The summed E-state index contributed by atoms with van der Waals surface area (Å²) >= 11 is 1.79. The molecule has 20 heavy (non-hydrogen) atoms. The molecule has 0 saturated heterocycles. The van der Waals surface area contributed by atoms with Crippen LogP contribution >= 0.6 is 11.3 Å². The van der Waals surface area contributed by atoms with Crippen molar-refractivity contribution < 1.29 is 4.79 Å². The molecule has 0 aliphatic carbocycles. The van der Waals surface area contributed by atoms with Gasteiger partial charge in [-0.15, -0.1) is 11.3 Å². The Morgan fingerprint density at radius 1 is 1.55 bits per heavy atom. The second kappa shape index (κ2) is 5.25. The summed E-state index contributed by atoms with van der Waals surface area (Å²) < 4.78 is 1.73. The molecule has 4 nitrogen and oxygen atoms in total. The smallest absolute Gasteiger partial charge is 0.247 e. The van der Waals surface area contributed by atoms with E-state index in [1.807, 2.05) is 24.2 Å². The standard InChI is InChI=1S/C15H17N3OS/c1-11-13-6-8-20-14(13)5-7-18(11)15(19)4-3-12-9-16-17(2)10-12/h3-4,6,8-11H,5,7H2,1-2H3/b4-3+. The van der Waals surface area contributed by atoms with Crippen LogP contribution in [-0.4, -0.2) is 27.1 Å². The molecule has 1 amide bonds. The van der Waals surface area contributed by atoms with Gasteiger partial charge < -0.3 is 4.90 Å². The van der Waals surface area contributed by atoms with E-state index in [-0.39, 0.29) is 11.9 Å². The second-order valence-electron chi connectivity index (χ2n) is 5.04. The number of aryl methyl sites for hydroxylation is 1. The monoisotopic (exact) mass is 287 g/mol. The molecule has 0 N–H and O–H groups in total. The summed E-state index contributed by atoms with van der Waals surface area (Å²) in [6.07, 6.45) is 8.07. The molecule has 0 radical (unpaired) electrons. The molecular formula is C15H17N3OS. The molecule has 104 valence electrons. The van der Waals surface area contributed by atoms with Gasteiger partial charge in [-0.3, -0.25) is 9.48 Å². The maximum absolute atomic E-state index is 12.3. The summed E-state index contributed by atoms with van der Waals surface area (Å²) in [6, 6.07) is 2.30. The van der Waals surface area contributed by atoms with E-state index in [0.29, 0.717) is 0 Å². The zero-order valence-corrected chi connectivity index (χ0v) is 12.4. The highest BCUT2D eigenvalue weighted by Gasteiger charge is 2.26. The lowest BCUT2D eigenvalue weighted by molar-refractivity contribution is -0.128. The average molecular weight is 287 g/mol. The summed E-state index contributed by atoms with van der Waals surface area (Å²) in [6.45, 7) is 2.89. The van der Waals surface area contributed by atoms with Crippen molar-refractivity contribution in [3.05, 3.63) is 45.9 Å². The van der Waals surface area contributed by atoms with E-state index in [9.17, 15) is 4.79 Å². The van der Waals surface area contributed by atoms with Gasteiger partial charge in [-0.25, -0.2) is 0 Å². The molecule has 3 heterocycles. The summed E-state index contributed by atoms with van der Waals surface area (Å²) in [5, 5.41) is 6.20. The number of hydrogen-bond donors (Lipinski definition) is 0. The van der Waals surface area contributed by atoms with Crippen molar-refractivity contribution in [3.8, 4) is 0 Å². The Balaban J connectivity index is 1.74. The molecule has 1 atom stereocenters. The van der Waals surface area contributed by atoms with E-state index >= 15 is 0 Å². The molecule has 3 rings (SSSR count). The van der Waals surface area contributed by atoms with E-state index in [1.54, 1.807) is 28.3 Å². The number of aromatic nitrogens is 2. The maximum Gasteiger partial charge on any atom is 0.247 e. The van der Waals surface area contributed by atoms with Gasteiger partial charge in [0.15, 0.2) is 0 Å². The maximum atomic E-state index is 12.3. The Morgan fingerprint density at radius 3 is 3.15 bits per heavy atom. The number of thiophene rings is 1. The predicted octanol–water partition coefficient (Wildman–Crippen LogP) is 2.64. The molecule has 0 fully saturated rings. The molecule has 5 heteroatoms. The number of fused-ring (bicyclic) bond motifs is 1. The minimum atomic E-state index is 0.0678. The van der Waals surface area contributed by atoms with Crippen molar-refractivity contribution in [1.82, 2.24) is 14.7 Å². The van der Waals surface area contributed by atoms with E-state index < -0.39 is 0 Å². The fourth-order valence-electron chi connectivity index (χ4n) is 2.60. The van der Waals surface area contributed by atoms with Crippen molar-refractivity contribution in [2.24, 2.45) is 7.05 Å². The summed E-state index contributed by atoms with van der Waals surface area (Å²) in [4.78, 5) is 15.7. The van der Waals surface area contributed by atoms with Crippen LogP contribution in [0.25, 0.3) is 6.08 Å². The largest absolute Gasteiger partial charge is 0.332 e. The molecule has 1 aliphatic heterocycles. The van der Waals surface area contributed by atoms with Gasteiger partial charge >= 0.3 is 0 Å². The molecule has 0 aromatic carbocycles. The van der Waals surface area contributed by atoms with Crippen LogP contribution in [0.4, 0.5) is 0 Å². The van der Waals surface area contributed by atoms with Gasteiger partial charge in [0.1, 0.15) is 0 Å². The Morgan fingerprint density at radius 2 is 2.40 bits per heavy atom. The van der Waals surface area contributed by atoms with E-state index in [2.05, 4.69) is 23.5 Å². The fourth-order valence-corrected chi connectivity index (χ4v) is 3.56. The predicted molar refractivity (Wildman–Crippen MR) is 80.4 cm³/mol. The molecule has 1 aliphatic rings. The van der Waals surface area contributed by atoms with Crippen LogP contribution in [0, 0.1) is 0 Å². The zero-order valence-electron chi connectivity index (χ0n) is 11.6. The SMILES string of the molecule is CC1c2ccsc2CCN1C(=O)/C=C/c1cnn(C)c1. The van der Waals surface area contributed by atoms with Crippen molar-refractivity contribution in [3.63, 3.8) is 0 Å². The first kappa shape index (κ1) is 13.1. The highest BCUT2D eigenvalue weighted by molar-refractivity contribution is 7.10. The highest BCUT2D eigenvalue weighted by atomic mass is 32.1. The quantitative estimate of drug-likeness (QED) is 0.796. The van der Waals surface area contributed by atoms with Crippen molar-refractivity contribution in [2.75, 3.05) is 6.54 Å². The van der Waals surface area contributed by atoms with Crippen LogP contribution in [0.3, 0.4) is 0 Å². The number of hydrogen-bond acceptors (Lipinski definition) is 3. The van der Waals surface area contributed by atoms with Crippen LogP contribution in [0.15, 0.2) is 29.9 Å². The Labute approximate surface area is 122 Å². The summed E-state index contributed by atoms with van der Waals surface area (Å²) in [5.74, 6) is 0.0678. The van der Waals surface area contributed by atoms with E-state index in [1.165, 1.54) is 10.4 Å². The van der Waals surface area contributed by atoms with Crippen molar-refractivity contribution >= 4 is 23.3 Å². The molecule has 2 aromatic heterocycles. The van der Waals surface area contributed by atoms with Gasteiger partial charge in [0.05, 0.1) is 12.2 Å². The topological polar surface area (TPSA) is 38.1 Å². The lowest BCUT2D eigenvalue weighted by Gasteiger charge is -2.32. The number of carbonyl (C=O) groups excluding carboxylic acids is 1. The average Bonchev–Trinajstić information content (AvgIpc) is 3.05. The van der Waals surface area contributed by atoms with Crippen molar-refractivity contribution in [1.29, 1.82) is 0 Å². The van der Waals surface area contributed by atoms with Gasteiger partial charge in [-0.1, -0.05) is 0 Å². The normalized spacial score (nSPS) is 18.5. The first-order valence-electron chi connectivity index (χ1n) is 6.69. The number of rotatable bonds is 2. The van der Waals surface area contributed by atoms with Crippen LogP contribution in [-0.2, 0) is 18.3 Å². The first-order valence-corrected chi connectivity index (χ1v) is 7.56. The molecule has 1 unspecified atom stereocenters. The molecule has 0 saturated carbocycles. The Kier molecular flexibility index (Phi) is 3.44. The van der Waals surface area contributed by atoms with Crippen molar-refractivity contribution in [2.45, 2.75) is 19.4 Å². The minimum absolute atomic E-state index is 0.0678. The third-order valence-electron chi connectivity index (χ3n) is 3.70. The van der Waals surface area contributed by atoms with Crippen LogP contribution in [0.1, 0.15) is 29.0 Å². The second-order valence-corrected chi connectivity index (χ2v) is 6.04. The third kappa shape index (κ3) is 2.41. The van der Waals surface area contributed by atoms with Gasteiger partial charge in [0.25, 0.3) is 0 Å². The Bertz CT molecular complexity index is 656. The highest BCUT2D eigenvalue weighted by Crippen LogP contribution is 2.32. The number of carbonyl (C=O) groups is 1. The van der Waals surface area contributed by atoms with Gasteiger partial charge in [0, 0.05) is 36.3 Å². The first-order chi connectivity index (χ1) is 9.65. The van der Waals surface area contributed by atoms with Crippen LogP contribution < -0.4 is 0 Å². The zero-order chi connectivity index (χ0) is 14.1. The van der Waals surface area contributed by atoms with Gasteiger partial charge in [0.2, 0.25) is 5.91 Å². The van der Waals surface area contributed by atoms with Crippen LogP contribution in [0.2, 0.25) is 0 Å². The Hall–Kier alpha value is -1.88. The van der Waals surface area contributed by atoms with E-state index in [4.69, 9.17) is 0 Å². The fraction of sp³-hybridized carbons (Fsp3) is 0.333. The van der Waals surface area contributed by atoms with Gasteiger partial charge in [-0.05, 0) is 36.4 Å². The minimum Gasteiger partial charge on any atom is -0.332 e. The number of amides is 1. The molecule has 0 bridgehead atoms. The lowest BCUT2D eigenvalue weighted by atomic mass is 10.0.